The van der Waals surface area contributed by atoms with Crippen LogP contribution in [0.2, 0.25) is 0 Å². The number of alkyl halides is 1. The Labute approximate surface area is 114 Å². The molecular weight excluding hydrogens is 249 g/mol. The Kier molecular flexibility index (Phi) is 4.87. The molecule has 3 heteroatoms. The lowest BCUT2D eigenvalue weighted by atomic mass is 9.93. The molecule has 1 fully saturated rings. The van der Waals surface area contributed by atoms with Crippen LogP contribution in [0.5, 0.6) is 0 Å². The maximum Gasteiger partial charge on any atom is 0.129 e. The van der Waals surface area contributed by atoms with E-state index in [1.807, 2.05) is 6.07 Å². The molecule has 0 heterocycles. The normalized spacial score (nSPS) is 16.8. The Bertz CT molecular complexity index is 388. The van der Waals surface area contributed by atoms with Crippen molar-refractivity contribution in [1.29, 1.82) is 0 Å². The minimum absolute atomic E-state index is 0.184. The van der Waals surface area contributed by atoms with E-state index < -0.39 is 0 Å². The second kappa shape index (κ2) is 6.42. The van der Waals surface area contributed by atoms with Crippen LogP contribution in [0.15, 0.2) is 18.2 Å². The Morgan fingerprint density at radius 1 is 1.28 bits per heavy atom. The van der Waals surface area contributed by atoms with E-state index in [-0.39, 0.29) is 11.7 Å². The molecular formula is C15H21ClFN. The average Bonchev–Trinajstić information content (AvgIpc) is 2.41. The highest BCUT2D eigenvalue weighted by Gasteiger charge is 2.22. The van der Waals surface area contributed by atoms with Crippen LogP contribution < -0.4 is 4.90 Å². The highest BCUT2D eigenvalue weighted by Crippen LogP contribution is 2.31. The molecule has 1 aromatic carbocycles. The summed E-state index contributed by atoms with van der Waals surface area (Å²) in [6.07, 6.45) is 6.33. The second-order valence-electron chi connectivity index (χ2n) is 4.95. The molecule has 2 rings (SSSR count). The third kappa shape index (κ3) is 2.80. The SMILES string of the molecule is CCN(c1cccc(F)c1CCl)C1CCCCC1. The van der Waals surface area contributed by atoms with Crippen LogP contribution in [0.3, 0.4) is 0 Å². The smallest absolute Gasteiger partial charge is 0.129 e. The number of halogens is 2. The van der Waals surface area contributed by atoms with Crippen molar-refractivity contribution in [2.75, 3.05) is 11.4 Å². The zero-order valence-corrected chi connectivity index (χ0v) is 11.7. The first kappa shape index (κ1) is 13.7. The summed E-state index contributed by atoms with van der Waals surface area (Å²) in [7, 11) is 0. The Hall–Kier alpha value is -0.760. The number of hydrogen-bond acceptors (Lipinski definition) is 1. The van der Waals surface area contributed by atoms with Crippen LogP contribution in [0.4, 0.5) is 10.1 Å². The standard InChI is InChI=1S/C15H21ClFN/c1-2-18(12-7-4-3-5-8-12)15-10-6-9-14(17)13(15)11-16/h6,9-10,12H,2-5,7-8,11H2,1H3. The van der Waals surface area contributed by atoms with Crippen LogP contribution in [0.1, 0.15) is 44.6 Å². The summed E-state index contributed by atoms with van der Waals surface area (Å²) in [5.74, 6) is 0.0577. The van der Waals surface area contributed by atoms with E-state index in [4.69, 9.17) is 11.6 Å². The van der Waals surface area contributed by atoms with E-state index in [1.165, 1.54) is 38.2 Å². The van der Waals surface area contributed by atoms with E-state index in [1.54, 1.807) is 6.07 Å². The minimum Gasteiger partial charge on any atom is -0.368 e. The van der Waals surface area contributed by atoms with Gasteiger partial charge in [0, 0.05) is 23.8 Å². The molecule has 1 aromatic rings. The summed E-state index contributed by atoms with van der Waals surface area (Å²) >= 11 is 5.91. The number of hydrogen-bond donors (Lipinski definition) is 0. The number of benzene rings is 1. The Morgan fingerprint density at radius 2 is 2.00 bits per heavy atom. The van der Waals surface area contributed by atoms with Gasteiger partial charge in [0.1, 0.15) is 5.82 Å². The van der Waals surface area contributed by atoms with Crippen molar-refractivity contribution in [2.24, 2.45) is 0 Å². The first-order valence-corrected chi connectivity index (χ1v) is 7.41. The summed E-state index contributed by atoms with van der Waals surface area (Å²) in [6, 6.07) is 5.83. The molecule has 0 bridgehead atoms. The summed E-state index contributed by atoms with van der Waals surface area (Å²) in [6.45, 7) is 3.05. The molecule has 1 aliphatic rings. The topological polar surface area (TPSA) is 3.24 Å². The zero-order valence-electron chi connectivity index (χ0n) is 11.0. The predicted molar refractivity (Wildman–Crippen MR) is 75.9 cm³/mol. The van der Waals surface area contributed by atoms with Crippen LogP contribution in [-0.2, 0) is 5.88 Å². The van der Waals surface area contributed by atoms with Crippen LogP contribution in [-0.4, -0.2) is 12.6 Å². The van der Waals surface area contributed by atoms with Gasteiger partial charge < -0.3 is 4.90 Å². The van der Waals surface area contributed by atoms with Gasteiger partial charge in [0.2, 0.25) is 0 Å². The van der Waals surface area contributed by atoms with Gasteiger partial charge >= 0.3 is 0 Å². The largest absolute Gasteiger partial charge is 0.368 e. The van der Waals surface area contributed by atoms with Crippen molar-refractivity contribution in [3.63, 3.8) is 0 Å². The summed E-state index contributed by atoms with van der Waals surface area (Å²) < 4.78 is 13.8. The first-order chi connectivity index (χ1) is 8.77. The second-order valence-corrected chi connectivity index (χ2v) is 5.22. The first-order valence-electron chi connectivity index (χ1n) is 6.88. The van der Waals surface area contributed by atoms with Crippen molar-refractivity contribution < 1.29 is 4.39 Å². The maximum atomic E-state index is 13.8. The number of rotatable bonds is 4. The third-order valence-corrected chi connectivity index (χ3v) is 4.16. The maximum absolute atomic E-state index is 13.8. The Morgan fingerprint density at radius 3 is 2.61 bits per heavy atom. The molecule has 0 saturated heterocycles. The molecule has 1 nitrogen and oxygen atoms in total. The molecule has 18 heavy (non-hydrogen) atoms. The van der Waals surface area contributed by atoms with E-state index in [0.29, 0.717) is 11.6 Å². The van der Waals surface area contributed by atoms with Gasteiger partial charge in [0.25, 0.3) is 0 Å². The molecule has 100 valence electrons. The van der Waals surface area contributed by atoms with E-state index >= 15 is 0 Å². The van der Waals surface area contributed by atoms with Crippen molar-refractivity contribution in [2.45, 2.75) is 50.9 Å². The van der Waals surface area contributed by atoms with Crippen LogP contribution in [0, 0.1) is 5.82 Å². The molecule has 0 radical (unpaired) electrons. The molecule has 0 atom stereocenters. The van der Waals surface area contributed by atoms with Gasteiger partial charge in [-0.3, -0.25) is 0 Å². The van der Waals surface area contributed by atoms with E-state index in [9.17, 15) is 4.39 Å². The minimum atomic E-state index is -0.184. The van der Waals surface area contributed by atoms with Gasteiger partial charge in [0.05, 0.1) is 5.88 Å². The summed E-state index contributed by atoms with van der Waals surface area (Å²) in [4.78, 5) is 2.33. The molecule has 0 aliphatic heterocycles. The molecule has 0 N–H and O–H groups in total. The highest BCUT2D eigenvalue weighted by molar-refractivity contribution is 6.17. The van der Waals surface area contributed by atoms with Gasteiger partial charge in [-0.05, 0) is 31.9 Å². The fourth-order valence-corrected chi connectivity index (χ4v) is 3.23. The van der Waals surface area contributed by atoms with Crippen LogP contribution >= 0.6 is 11.6 Å². The summed E-state index contributed by atoms with van der Waals surface area (Å²) in [5.41, 5.74) is 1.63. The van der Waals surface area contributed by atoms with Crippen molar-refractivity contribution in [3.05, 3.63) is 29.6 Å². The van der Waals surface area contributed by atoms with Gasteiger partial charge in [0.15, 0.2) is 0 Å². The molecule has 0 aromatic heterocycles. The van der Waals surface area contributed by atoms with Gasteiger partial charge in [-0.15, -0.1) is 11.6 Å². The highest BCUT2D eigenvalue weighted by atomic mass is 35.5. The molecule has 0 spiro atoms. The van der Waals surface area contributed by atoms with E-state index in [2.05, 4.69) is 11.8 Å². The average molecular weight is 270 g/mol. The number of nitrogens with zero attached hydrogens (tertiary/aromatic N) is 1. The third-order valence-electron chi connectivity index (χ3n) is 3.89. The molecule has 1 saturated carbocycles. The lowest BCUT2D eigenvalue weighted by Gasteiger charge is -2.36. The van der Waals surface area contributed by atoms with Crippen molar-refractivity contribution in [3.8, 4) is 0 Å². The zero-order chi connectivity index (χ0) is 13.0. The molecule has 1 aliphatic carbocycles. The predicted octanol–water partition coefficient (Wildman–Crippen LogP) is 4.72. The fraction of sp³-hybridized carbons (Fsp3) is 0.600. The monoisotopic (exact) mass is 269 g/mol. The van der Waals surface area contributed by atoms with Crippen molar-refractivity contribution >= 4 is 17.3 Å². The molecule has 0 unspecified atom stereocenters. The number of anilines is 1. The van der Waals surface area contributed by atoms with Gasteiger partial charge in [-0.2, -0.15) is 0 Å². The fourth-order valence-electron chi connectivity index (χ4n) is 2.97. The van der Waals surface area contributed by atoms with Gasteiger partial charge in [-0.1, -0.05) is 25.3 Å². The summed E-state index contributed by atoms with van der Waals surface area (Å²) in [5, 5.41) is 0. The Balaban J connectivity index is 2.28. The quantitative estimate of drug-likeness (QED) is 0.715. The van der Waals surface area contributed by atoms with E-state index in [0.717, 1.165) is 12.2 Å². The van der Waals surface area contributed by atoms with Crippen LogP contribution in [0.25, 0.3) is 0 Å². The lowest BCUT2D eigenvalue weighted by Crippen LogP contribution is -2.37. The van der Waals surface area contributed by atoms with Crippen molar-refractivity contribution in [1.82, 2.24) is 0 Å². The lowest BCUT2D eigenvalue weighted by molar-refractivity contribution is 0.417. The molecule has 0 amide bonds. The van der Waals surface area contributed by atoms with Gasteiger partial charge in [-0.25, -0.2) is 4.39 Å².